The van der Waals surface area contributed by atoms with E-state index in [1.807, 2.05) is 30.9 Å². The molecule has 0 bridgehead atoms. The second-order valence-electron chi connectivity index (χ2n) is 3.07. The van der Waals surface area contributed by atoms with Crippen LogP contribution >= 0.6 is 11.6 Å². The molecule has 0 amide bonds. The minimum Gasteiger partial charge on any atom is -0.388 e. The molecular weight excluding hydrogens is 184 g/mol. The van der Waals surface area contributed by atoms with E-state index in [1.54, 1.807) is 0 Å². The van der Waals surface area contributed by atoms with Crippen LogP contribution in [-0.2, 0) is 7.05 Å². The third-order valence-electron chi connectivity index (χ3n) is 2.23. The summed E-state index contributed by atoms with van der Waals surface area (Å²) in [5.74, 6) is 0. The summed E-state index contributed by atoms with van der Waals surface area (Å²) in [4.78, 5) is 0. The predicted molar refractivity (Wildman–Crippen MR) is 57.5 cm³/mol. The van der Waals surface area contributed by atoms with Crippen molar-refractivity contribution < 1.29 is 0 Å². The average molecular weight is 195 g/mol. The maximum absolute atomic E-state index is 6.06. The molecule has 1 heterocycles. The zero-order valence-corrected chi connectivity index (χ0v) is 8.39. The van der Waals surface area contributed by atoms with Crippen LogP contribution in [0.15, 0.2) is 24.4 Å². The van der Waals surface area contributed by atoms with Crippen LogP contribution in [0.25, 0.3) is 10.9 Å². The highest BCUT2D eigenvalue weighted by Crippen LogP contribution is 2.27. The van der Waals surface area contributed by atoms with Crippen molar-refractivity contribution in [3.05, 3.63) is 29.4 Å². The highest BCUT2D eigenvalue weighted by Gasteiger charge is 2.03. The molecule has 3 heteroatoms. The number of halogens is 1. The quantitative estimate of drug-likeness (QED) is 0.739. The van der Waals surface area contributed by atoms with Gasteiger partial charge >= 0.3 is 0 Å². The summed E-state index contributed by atoms with van der Waals surface area (Å²) < 4.78 is 2.02. The van der Waals surface area contributed by atoms with Crippen molar-refractivity contribution in [3.8, 4) is 0 Å². The minimum atomic E-state index is 0.801. The molecule has 0 aliphatic rings. The standard InChI is InChI=1S/C10H11ClN2/c1-12-7-3-4-10-8(5-7)9(11)6-13(10)2/h3-6,12H,1-2H3. The number of benzene rings is 1. The maximum Gasteiger partial charge on any atom is 0.0662 e. The fraction of sp³-hybridized carbons (Fsp3) is 0.200. The van der Waals surface area contributed by atoms with Gasteiger partial charge < -0.3 is 9.88 Å². The number of nitrogens with one attached hydrogen (secondary N) is 1. The van der Waals surface area contributed by atoms with E-state index in [4.69, 9.17) is 11.6 Å². The van der Waals surface area contributed by atoms with E-state index < -0.39 is 0 Å². The fourth-order valence-corrected chi connectivity index (χ4v) is 1.80. The van der Waals surface area contributed by atoms with Gasteiger partial charge in [0.15, 0.2) is 0 Å². The molecule has 0 aliphatic carbocycles. The molecular formula is C10H11ClN2. The van der Waals surface area contributed by atoms with Crippen molar-refractivity contribution in [1.29, 1.82) is 0 Å². The molecule has 0 saturated heterocycles. The van der Waals surface area contributed by atoms with Gasteiger partial charge in [0.05, 0.1) is 5.02 Å². The van der Waals surface area contributed by atoms with Gasteiger partial charge in [-0.2, -0.15) is 0 Å². The number of fused-ring (bicyclic) bond motifs is 1. The summed E-state index contributed by atoms with van der Waals surface area (Å²) in [7, 11) is 3.89. The lowest BCUT2D eigenvalue weighted by Gasteiger charge is -2.00. The first-order chi connectivity index (χ1) is 6.22. The Hall–Kier alpha value is -1.15. The highest BCUT2D eigenvalue weighted by atomic mass is 35.5. The lowest BCUT2D eigenvalue weighted by atomic mass is 10.2. The molecule has 1 aromatic carbocycles. The Labute approximate surface area is 82.1 Å². The predicted octanol–water partition coefficient (Wildman–Crippen LogP) is 2.87. The summed E-state index contributed by atoms with van der Waals surface area (Å²) in [6.45, 7) is 0. The Kier molecular flexibility index (Phi) is 1.93. The van der Waals surface area contributed by atoms with Crippen LogP contribution in [-0.4, -0.2) is 11.6 Å². The van der Waals surface area contributed by atoms with E-state index in [0.29, 0.717) is 0 Å². The summed E-state index contributed by atoms with van der Waals surface area (Å²) in [5.41, 5.74) is 2.24. The summed E-state index contributed by atoms with van der Waals surface area (Å²) in [6.07, 6.45) is 1.92. The summed E-state index contributed by atoms with van der Waals surface area (Å²) in [5, 5.41) is 4.98. The highest BCUT2D eigenvalue weighted by molar-refractivity contribution is 6.35. The SMILES string of the molecule is CNc1ccc2c(c1)c(Cl)cn2C. The number of rotatable bonds is 1. The van der Waals surface area contributed by atoms with E-state index in [2.05, 4.69) is 17.4 Å². The first-order valence-electron chi connectivity index (χ1n) is 4.14. The summed E-state index contributed by atoms with van der Waals surface area (Å²) >= 11 is 6.06. The Morgan fingerprint density at radius 2 is 2.15 bits per heavy atom. The van der Waals surface area contributed by atoms with E-state index >= 15 is 0 Å². The molecule has 0 radical (unpaired) electrons. The van der Waals surface area contributed by atoms with Gasteiger partial charge in [0.25, 0.3) is 0 Å². The van der Waals surface area contributed by atoms with Gasteiger partial charge in [0, 0.05) is 36.9 Å². The topological polar surface area (TPSA) is 17.0 Å². The Bertz CT molecular complexity index is 445. The van der Waals surface area contributed by atoms with Gasteiger partial charge in [-0.3, -0.25) is 0 Å². The second-order valence-corrected chi connectivity index (χ2v) is 3.48. The van der Waals surface area contributed by atoms with Crippen LogP contribution in [0.5, 0.6) is 0 Å². The number of nitrogens with zero attached hydrogens (tertiary/aromatic N) is 1. The van der Waals surface area contributed by atoms with Gasteiger partial charge in [-0.05, 0) is 18.2 Å². The van der Waals surface area contributed by atoms with Crippen LogP contribution in [0.3, 0.4) is 0 Å². The van der Waals surface area contributed by atoms with Gasteiger partial charge in [-0.25, -0.2) is 0 Å². The number of hydrogen-bond acceptors (Lipinski definition) is 1. The first-order valence-corrected chi connectivity index (χ1v) is 4.52. The van der Waals surface area contributed by atoms with Crippen molar-refractivity contribution in [2.75, 3.05) is 12.4 Å². The molecule has 0 spiro atoms. The van der Waals surface area contributed by atoms with Crippen molar-refractivity contribution in [2.24, 2.45) is 7.05 Å². The van der Waals surface area contributed by atoms with Crippen molar-refractivity contribution in [3.63, 3.8) is 0 Å². The smallest absolute Gasteiger partial charge is 0.0662 e. The van der Waals surface area contributed by atoms with Gasteiger partial charge in [-0.1, -0.05) is 11.6 Å². The fourth-order valence-electron chi connectivity index (χ4n) is 1.50. The zero-order valence-electron chi connectivity index (χ0n) is 7.63. The Morgan fingerprint density at radius 1 is 1.38 bits per heavy atom. The molecule has 2 aromatic rings. The number of aromatic nitrogens is 1. The average Bonchev–Trinajstić information content (AvgIpc) is 2.42. The van der Waals surface area contributed by atoms with Gasteiger partial charge in [0.1, 0.15) is 0 Å². The number of anilines is 1. The summed E-state index contributed by atoms with van der Waals surface area (Å²) in [6, 6.07) is 6.16. The molecule has 0 fully saturated rings. The van der Waals surface area contributed by atoms with Crippen LogP contribution in [0.1, 0.15) is 0 Å². The van der Waals surface area contributed by atoms with Crippen LogP contribution < -0.4 is 5.32 Å². The Balaban J connectivity index is 2.76. The minimum absolute atomic E-state index is 0.801. The van der Waals surface area contributed by atoms with Gasteiger partial charge in [0.2, 0.25) is 0 Å². The molecule has 1 N–H and O–H groups in total. The number of hydrogen-bond donors (Lipinski definition) is 1. The molecule has 2 nitrogen and oxygen atoms in total. The molecule has 2 rings (SSSR count). The van der Waals surface area contributed by atoms with Crippen LogP contribution in [0, 0.1) is 0 Å². The molecule has 0 atom stereocenters. The second kappa shape index (κ2) is 2.96. The lowest BCUT2D eigenvalue weighted by Crippen LogP contribution is -1.88. The molecule has 0 saturated carbocycles. The molecule has 68 valence electrons. The van der Waals surface area contributed by atoms with Crippen molar-refractivity contribution in [1.82, 2.24) is 4.57 Å². The van der Waals surface area contributed by atoms with Crippen molar-refractivity contribution >= 4 is 28.2 Å². The third-order valence-corrected chi connectivity index (χ3v) is 2.53. The zero-order chi connectivity index (χ0) is 9.42. The van der Waals surface area contributed by atoms with Crippen LogP contribution in [0.2, 0.25) is 5.02 Å². The van der Waals surface area contributed by atoms with Crippen molar-refractivity contribution in [2.45, 2.75) is 0 Å². The Morgan fingerprint density at radius 3 is 2.85 bits per heavy atom. The van der Waals surface area contributed by atoms with E-state index in [-0.39, 0.29) is 0 Å². The maximum atomic E-state index is 6.06. The van der Waals surface area contributed by atoms with Gasteiger partial charge in [-0.15, -0.1) is 0 Å². The first kappa shape index (κ1) is 8.45. The lowest BCUT2D eigenvalue weighted by molar-refractivity contribution is 0.969. The van der Waals surface area contributed by atoms with E-state index in [1.165, 1.54) is 0 Å². The molecule has 0 aliphatic heterocycles. The normalized spacial score (nSPS) is 10.7. The van der Waals surface area contributed by atoms with E-state index in [9.17, 15) is 0 Å². The third kappa shape index (κ3) is 1.27. The molecule has 13 heavy (non-hydrogen) atoms. The van der Waals surface area contributed by atoms with Crippen LogP contribution in [0.4, 0.5) is 5.69 Å². The molecule has 1 aromatic heterocycles. The molecule has 0 unspecified atom stereocenters. The van der Waals surface area contributed by atoms with E-state index in [0.717, 1.165) is 21.6 Å². The monoisotopic (exact) mass is 194 g/mol. The number of aryl methyl sites for hydroxylation is 1. The largest absolute Gasteiger partial charge is 0.388 e.